The van der Waals surface area contributed by atoms with Gasteiger partial charge in [-0.05, 0) is 51.1 Å². The van der Waals surface area contributed by atoms with E-state index in [0.29, 0.717) is 5.82 Å². The molecular formula is C50H36N4O. The van der Waals surface area contributed by atoms with E-state index in [4.69, 9.17) is 9.97 Å². The fourth-order valence-electron chi connectivity index (χ4n) is 8.79. The number of hydrogen-bond acceptors (Lipinski definition) is 3. The highest BCUT2D eigenvalue weighted by atomic mass is 16.1. The van der Waals surface area contributed by atoms with Gasteiger partial charge in [0.2, 0.25) is 0 Å². The fraction of sp³-hybridized carbons (Fsp3) is 0.0600. The fourth-order valence-corrected chi connectivity index (χ4v) is 8.79. The van der Waals surface area contributed by atoms with Crippen molar-refractivity contribution in [1.29, 1.82) is 0 Å². The predicted octanol–water partition coefficient (Wildman–Crippen LogP) is 10.7. The van der Waals surface area contributed by atoms with Gasteiger partial charge in [-0.3, -0.25) is 9.13 Å². The molecule has 262 valence electrons. The molecule has 9 aromatic rings. The van der Waals surface area contributed by atoms with Crippen molar-refractivity contribution in [2.24, 2.45) is 14.1 Å². The van der Waals surface area contributed by atoms with Gasteiger partial charge in [0.05, 0.1) is 27.8 Å². The normalized spacial score (nSPS) is 12.8. The van der Waals surface area contributed by atoms with Crippen molar-refractivity contribution in [2.75, 3.05) is 0 Å². The van der Waals surface area contributed by atoms with Crippen LogP contribution in [0.5, 0.6) is 0 Å². The summed E-state index contributed by atoms with van der Waals surface area (Å²) in [5, 5.41) is 0. The molecule has 7 aromatic carbocycles. The molecular weight excluding hydrogens is 673 g/mol. The second kappa shape index (κ2) is 12.8. The topological polar surface area (TPSA) is 52.7 Å². The number of rotatable bonds is 6. The van der Waals surface area contributed by atoms with Crippen LogP contribution in [0.25, 0.3) is 67.2 Å². The van der Waals surface area contributed by atoms with Crippen LogP contribution >= 0.6 is 0 Å². The van der Waals surface area contributed by atoms with Crippen LogP contribution in [0.2, 0.25) is 0 Å². The van der Waals surface area contributed by atoms with Crippen LogP contribution in [0.1, 0.15) is 22.3 Å². The molecule has 0 bridgehead atoms. The summed E-state index contributed by atoms with van der Waals surface area (Å²) in [6, 6.07) is 64.1. The minimum atomic E-state index is -0.600. The van der Waals surface area contributed by atoms with Crippen molar-refractivity contribution in [3.05, 3.63) is 215 Å². The molecule has 2 aromatic heterocycles. The van der Waals surface area contributed by atoms with Gasteiger partial charge in [0.15, 0.2) is 5.82 Å². The average molecular weight is 709 g/mol. The largest absolute Gasteiger partial charge is 0.328 e. The third-order valence-corrected chi connectivity index (χ3v) is 11.3. The Kier molecular flexibility index (Phi) is 7.56. The zero-order chi connectivity index (χ0) is 37.1. The summed E-state index contributed by atoms with van der Waals surface area (Å²) in [5.41, 5.74) is 15.1. The highest BCUT2D eigenvalue weighted by molar-refractivity contribution is 5.94. The Hall–Kier alpha value is -7.11. The minimum absolute atomic E-state index is 0.0416. The van der Waals surface area contributed by atoms with Crippen LogP contribution in [-0.4, -0.2) is 19.1 Å². The van der Waals surface area contributed by atoms with Gasteiger partial charge in [-0.25, -0.2) is 14.8 Å². The van der Waals surface area contributed by atoms with Crippen molar-refractivity contribution in [2.45, 2.75) is 5.41 Å². The summed E-state index contributed by atoms with van der Waals surface area (Å²) in [5.74, 6) is 0.672. The average Bonchev–Trinajstić information content (AvgIpc) is 3.69. The number of hydrogen-bond donors (Lipinski definition) is 0. The molecule has 0 radical (unpaired) electrons. The van der Waals surface area contributed by atoms with Gasteiger partial charge in [-0.15, -0.1) is 0 Å². The van der Waals surface area contributed by atoms with Gasteiger partial charge >= 0.3 is 5.69 Å². The van der Waals surface area contributed by atoms with E-state index >= 15 is 0 Å². The summed E-state index contributed by atoms with van der Waals surface area (Å²) in [6.07, 6.45) is 0. The van der Waals surface area contributed by atoms with Crippen molar-refractivity contribution in [1.82, 2.24) is 19.1 Å². The monoisotopic (exact) mass is 708 g/mol. The number of fused-ring (bicyclic) bond motifs is 4. The molecule has 0 N–H and O–H groups in total. The van der Waals surface area contributed by atoms with Crippen molar-refractivity contribution in [3.63, 3.8) is 0 Å². The standard InChI is InChI=1S/C50H36N4O/c1-53-45-27-15-23-38(47(45)54(2)49(53)55)33-28-30-35(31-29-33)44-32-43(34-16-6-3-7-17-34)51-48(52-44)41-25-14-24-40-39-22-12-13-26-42(39)50(46(40)41,36-18-8-4-9-19-36)37-20-10-5-11-21-37/h3-32H,1-2H3. The molecule has 0 unspecified atom stereocenters. The molecule has 1 aliphatic carbocycles. The van der Waals surface area contributed by atoms with Gasteiger partial charge in [-0.2, -0.15) is 0 Å². The van der Waals surface area contributed by atoms with E-state index in [1.807, 2.05) is 32.3 Å². The summed E-state index contributed by atoms with van der Waals surface area (Å²) in [6.45, 7) is 0. The highest BCUT2D eigenvalue weighted by Crippen LogP contribution is 2.58. The van der Waals surface area contributed by atoms with Gasteiger partial charge in [0, 0.05) is 36.3 Å². The van der Waals surface area contributed by atoms with Gasteiger partial charge < -0.3 is 0 Å². The SMILES string of the molecule is Cn1c(=O)n(C)c2c(-c3ccc(-c4cc(-c5ccccc5)nc(-c5cccc6c5C(c5ccccc5)(c5ccccc5)c5ccccc5-6)n4)cc3)cccc21. The summed E-state index contributed by atoms with van der Waals surface area (Å²) in [7, 11) is 3.65. The molecule has 55 heavy (non-hydrogen) atoms. The first kappa shape index (κ1) is 32.5. The zero-order valence-corrected chi connectivity index (χ0v) is 30.5. The molecule has 0 saturated carbocycles. The first-order valence-electron chi connectivity index (χ1n) is 18.6. The highest BCUT2D eigenvalue weighted by Gasteiger charge is 2.47. The Morgan fingerprint density at radius 1 is 0.455 bits per heavy atom. The van der Waals surface area contributed by atoms with E-state index in [0.717, 1.165) is 50.2 Å². The van der Waals surface area contributed by atoms with Crippen molar-refractivity contribution in [3.8, 4) is 56.2 Å². The Bertz CT molecular complexity index is 2910. The van der Waals surface area contributed by atoms with Crippen LogP contribution in [0, 0.1) is 0 Å². The van der Waals surface area contributed by atoms with E-state index in [-0.39, 0.29) is 5.69 Å². The lowest BCUT2D eigenvalue weighted by atomic mass is 9.66. The number of aryl methyl sites for hydroxylation is 2. The maximum absolute atomic E-state index is 12.9. The number of para-hydroxylation sites is 1. The maximum atomic E-state index is 12.9. The molecule has 2 heterocycles. The smallest absolute Gasteiger partial charge is 0.295 e. The molecule has 0 spiro atoms. The second-order valence-corrected chi connectivity index (χ2v) is 14.2. The molecule has 0 fully saturated rings. The lowest BCUT2D eigenvalue weighted by Gasteiger charge is -2.35. The summed E-state index contributed by atoms with van der Waals surface area (Å²) >= 11 is 0. The summed E-state index contributed by atoms with van der Waals surface area (Å²) < 4.78 is 3.42. The van der Waals surface area contributed by atoms with Crippen molar-refractivity contribution < 1.29 is 0 Å². The Labute approximate surface area is 319 Å². The number of aromatic nitrogens is 4. The van der Waals surface area contributed by atoms with Crippen LogP contribution in [0.3, 0.4) is 0 Å². The van der Waals surface area contributed by atoms with Gasteiger partial charge in [0.25, 0.3) is 0 Å². The van der Waals surface area contributed by atoms with E-state index in [1.54, 1.807) is 9.13 Å². The molecule has 10 rings (SSSR count). The third-order valence-electron chi connectivity index (χ3n) is 11.3. The zero-order valence-electron chi connectivity index (χ0n) is 30.5. The summed E-state index contributed by atoms with van der Waals surface area (Å²) in [4.78, 5) is 23.6. The molecule has 1 aliphatic rings. The minimum Gasteiger partial charge on any atom is -0.295 e. The van der Waals surface area contributed by atoms with Crippen LogP contribution in [0.4, 0.5) is 0 Å². The van der Waals surface area contributed by atoms with E-state index < -0.39 is 5.41 Å². The molecule has 5 heteroatoms. The van der Waals surface area contributed by atoms with E-state index in [9.17, 15) is 4.79 Å². The third kappa shape index (κ3) is 4.97. The number of nitrogens with zero attached hydrogens (tertiary/aromatic N) is 4. The van der Waals surface area contributed by atoms with Crippen LogP contribution in [-0.2, 0) is 19.5 Å². The van der Waals surface area contributed by atoms with E-state index in [1.165, 1.54) is 33.4 Å². The molecule has 0 atom stereocenters. The number of benzene rings is 7. The maximum Gasteiger partial charge on any atom is 0.328 e. The lowest BCUT2D eigenvalue weighted by molar-refractivity contribution is 0.769. The van der Waals surface area contributed by atoms with Crippen LogP contribution < -0.4 is 5.69 Å². The molecule has 0 aliphatic heterocycles. The molecule has 0 saturated heterocycles. The number of imidazole rings is 1. The predicted molar refractivity (Wildman–Crippen MR) is 223 cm³/mol. The van der Waals surface area contributed by atoms with Crippen LogP contribution in [0.15, 0.2) is 187 Å². The molecule has 0 amide bonds. The van der Waals surface area contributed by atoms with Gasteiger partial charge in [0.1, 0.15) is 0 Å². The Morgan fingerprint density at radius 2 is 0.964 bits per heavy atom. The van der Waals surface area contributed by atoms with Gasteiger partial charge in [-0.1, -0.05) is 170 Å². The lowest BCUT2D eigenvalue weighted by Crippen LogP contribution is -2.29. The van der Waals surface area contributed by atoms with Crippen molar-refractivity contribution >= 4 is 11.0 Å². The second-order valence-electron chi connectivity index (χ2n) is 14.2. The first-order valence-corrected chi connectivity index (χ1v) is 18.6. The Morgan fingerprint density at radius 3 is 1.64 bits per heavy atom. The quantitative estimate of drug-likeness (QED) is 0.173. The molecule has 5 nitrogen and oxygen atoms in total. The van der Waals surface area contributed by atoms with E-state index in [2.05, 4.69) is 164 Å². The first-order chi connectivity index (χ1) is 27.0. The Balaban J connectivity index is 1.20.